The summed E-state index contributed by atoms with van der Waals surface area (Å²) in [6, 6.07) is 3.19. The Kier molecular flexibility index (Phi) is 9.19. The van der Waals surface area contributed by atoms with Crippen molar-refractivity contribution in [1.29, 1.82) is 0 Å². The molecule has 0 saturated carbocycles. The van der Waals surface area contributed by atoms with Crippen molar-refractivity contribution in [2.45, 2.75) is 44.4 Å². The van der Waals surface area contributed by atoms with Crippen LogP contribution in [0.3, 0.4) is 0 Å². The van der Waals surface area contributed by atoms with Crippen molar-refractivity contribution in [3.8, 4) is 17.0 Å². The summed E-state index contributed by atoms with van der Waals surface area (Å²) in [6.45, 7) is 1.29. The zero-order valence-corrected chi connectivity index (χ0v) is 24.0. The molecule has 240 valence electrons. The van der Waals surface area contributed by atoms with E-state index in [-0.39, 0.29) is 43.2 Å². The molecule has 0 unspecified atom stereocenters. The van der Waals surface area contributed by atoms with E-state index in [1.807, 2.05) is 0 Å². The second-order valence-corrected chi connectivity index (χ2v) is 10.4. The van der Waals surface area contributed by atoms with E-state index in [0.717, 1.165) is 12.1 Å². The van der Waals surface area contributed by atoms with Gasteiger partial charge in [0.05, 0.1) is 42.6 Å². The second kappa shape index (κ2) is 13.1. The molecule has 0 aliphatic carbocycles. The fourth-order valence-corrected chi connectivity index (χ4v) is 5.19. The van der Waals surface area contributed by atoms with Gasteiger partial charge in [-0.25, -0.2) is 37.3 Å². The van der Waals surface area contributed by atoms with Crippen molar-refractivity contribution in [1.82, 2.24) is 24.5 Å². The number of pyridine rings is 1. The monoisotopic (exact) mass is 634 g/mol. The highest BCUT2D eigenvalue weighted by molar-refractivity contribution is 5.81. The number of piperidine rings is 1. The van der Waals surface area contributed by atoms with Gasteiger partial charge in [-0.1, -0.05) is 0 Å². The fraction of sp³-hybridized carbons (Fsp3) is 0.393. The Labute approximate surface area is 253 Å². The van der Waals surface area contributed by atoms with Gasteiger partial charge in [0.2, 0.25) is 6.79 Å². The van der Waals surface area contributed by atoms with Crippen molar-refractivity contribution in [2.75, 3.05) is 37.1 Å². The molecule has 3 aromatic heterocycles. The van der Waals surface area contributed by atoms with E-state index in [1.54, 1.807) is 16.4 Å². The van der Waals surface area contributed by atoms with E-state index < -0.39 is 48.4 Å². The van der Waals surface area contributed by atoms with E-state index in [9.17, 15) is 23.1 Å². The SMILES string of the molecule is CCOC(=O)OCOc1cc(F)c(-c2cc(Cn3cnc4c(N)ncnc43)c(N3CCC[C@](N)([C@H](O)C(F)F)C3)cn2)cc1F. The predicted molar refractivity (Wildman–Crippen MR) is 152 cm³/mol. The van der Waals surface area contributed by atoms with Gasteiger partial charge in [0.25, 0.3) is 6.43 Å². The third-order valence-electron chi connectivity index (χ3n) is 7.41. The highest BCUT2D eigenvalue weighted by atomic mass is 19.3. The number of nitrogen functional groups attached to an aromatic ring is 1. The molecule has 0 spiro atoms. The normalized spacial score (nSPS) is 17.5. The molecule has 5 N–H and O–H groups in total. The van der Waals surface area contributed by atoms with E-state index in [1.165, 1.54) is 24.9 Å². The molecule has 1 aliphatic heterocycles. The van der Waals surface area contributed by atoms with Crippen LogP contribution in [0.1, 0.15) is 25.3 Å². The maximum absolute atomic E-state index is 15.3. The summed E-state index contributed by atoms with van der Waals surface area (Å²) >= 11 is 0. The van der Waals surface area contributed by atoms with Crippen LogP contribution < -0.4 is 21.1 Å². The Bertz CT molecular complexity index is 1690. The Balaban J connectivity index is 1.50. The number of carbonyl (C=O) groups excluding carboxylic acids is 1. The number of benzene rings is 1. The average Bonchev–Trinajstić information content (AvgIpc) is 3.42. The Morgan fingerprint density at radius 3 is 2.69 bits per heavy atom. The van der Waals surface area contributed by atoms with Crippen molar-refractivity contribution >= 4 is 28.8 Å². The molecule has 0 radical (unpaired) electrons. The Hall–Kier alpha value is -4.77. The number of aliphatic hydroxyl groups is 1. The molecule has 1 saturated heterocycles. The quantitative estimate of drug-likeness (QED) is 0.132. The molecule has 1 fully saturated rings. The lowest BCUT2D eigenvalue weighted by molar-refractivity contribution is -0.0529. The first-order chi connectivity index (χ1) is 21.5. The number of anilines is 2. The summed E-state index contributed by atoms with van der Waals surface area (Å²) in [5.74, 6) is -2.19. The number of hydrogen-bond donors (Lipinski definition) is 3. The van der Waals surface area contributed by atoms with Crippen LogP contribution in [0.5, 0.6) is 5.75 Å². The first kappa shape index (κ1) is 31.6. The molecule has 0 amide bonds. The van der Waals surface area contributed by atoms with E-state index in [4.69, 9.17) is 16.2 Å². The summed E-state index contributed by atoms with van der Waals surface area (Å²) < 4.78 is 73.1. The first-order valence-corrected chi connectivity index (χ1v) is 13.8. The lowest BCUT2D eigenvalue weighted by Crippen LogP contribution is -2.63. The first-order valence-electron chi connectivity index (χ1n) is 13.8. The molecule has 4 heterocycles. The molecule has 45 heavy (non-hydrogen) atoms. The lowest BCUT2D eigenvalue weighted by Gasteiger charge is -2.44. The van der Waals surface area contributed by atoms with Crippen LogP contribution in [-0.2, 0) is 16.0 Å². The van der Waals surface area contributed by atoms with E-state index in [0.29, 0.717) is 35.4 Å². The summed E-state index contributed by atoms with van der Waals surface area (Å²) in [5, 5.41) is 10.2. The summed E-state index contributed by atoms with van der Waals surface area (Å²) in [5.41, 5.74) is 12.2. The number of nitrogens with zero attached hydrogens (tertiary/aromatic N) is 6. The number of ether oxygens (including phenoxy) is 3. The number of hydrogen-bond acceptors (Lipinski definition) is 12. The molecule has 1 aromatic carbocycles. The summed E-state index contributed by atoms with van der Waals surface area (Å²) in [4.78, 5) is 29.9. The Morgan fingerprint density at radius 1 is 1.13 bits per heavy atom. The fourth-order valence-electron chi connectivity index (χ4n) is 5.19. The molecular weight excluding hydrogens is 604 g/mol. The molecule has 13 nitrogen and oxygen atoms in total. The smallest absolute Gasteiger partial charge is 0.454 e. The highest BCUT2D eigenvalue weighted by Crippen LogP contribution is 2.35. The van der Waals surface area contributed by atoms with Crippen LogP contribution in [0.25, 0.3) is 22.4 Å². The van der Waals surface area contributed by atoms with Crippen LogP contribution >= 0.6 is 0 Å². The number of aromatic nitrogens is 5. The number of imidazole rings is 1. The molecule has 5 rings (SSSR count). The van der Waals surface area contributed by atoms with Gasteiger partial charge in [-0.05, 0) is 37.5 Å². The number of carbonyl (C=O) groups is 1. The molecule has 17 heteroatoms. The van der Waals surface area contributed by atoms with Crippen LogP contribution in [0, 0.1) is 11.6 Å². The number of halogens is 4. The maximum atomic E-state index is 15.3. The van der Waals surface area contributed by atoms with Gasteiger partial charge in [0.1, 0.15) is 23.8 Å². The minimum atomic E-state index is -3.04. The average molecular weight is 635 g/mol. The van der Waals surface area contributed by atoms with Crippen molar-refractivity contribution in [3.63, 3.8) is 0 Å². The van der Waals surface area contributed by atoms with Crippen LogP contribution in [0.2, 0.25) is 0 Å². The molecule has 0 bridgehead atoms. The van der Waals surface area contributed by atoms with Gasteiger partial charge in [-0.3, -0.25) is 4.98 Å². The number of fused-ring (bicyclic) bond motifs is 1. The maximum Gasteiger partial charge on any atom is 0.511 e. The van der Waals surface area contributed by atoms with Gasteiger partial charge in [0, 0.05) is 24.7 Å². The number of rotatable bonds is 10. The van der Waals surface area contributed by atoms with E-state index >= 15 is 4.39 Å². The minimum Gasteiger partial charge on any atom is -0.454 e. The van der Waals surface area contributed by atoms with Gasteiger partial charge in [-0.15, -0.1) is 0 Å². The Morgan fingerprint density at radius 2 is 1.93 bits per heavy atom. The lowest BCUT2D eigenvalue weighted by atomic mass is 9.84. The number of alkyl halides is 2. The van der Waals surface area contributed by atoms with Crippen LogP contribution in [0.15, 0.2) is 37.1 Å². The van der Waals surface area contributed by atoms with Crippen molar-refractivity contribution < 1.29 is 41.7 Å². The van der Waals surface area contributed by atoms with E-state index in [2.05, 4.69) is 29.4 Å². The van der Waals surface area contributed by atoms with Crippen molar-refractivity contribution in [2.24, 2.45) is 5.73 Å². The second-order valence-electron chi connectivity index (χ2n) is 10.4. The highest BCUT2D eigenvalue weighted by Gasteiger charge is 2.43. The molecule has 4 aromatic rings. The van der Waals surface area contributed by atoms with Gasteiger partial charge in [-0.2, -0.15) is 0 Å². The van der Waals surface area contributed by atoms with Crippen LogP contribution in [-0.4, -0.2) is 80.3 Å². The molecule has 1 aliphatic rings. The van der Waals surface area contributed by atoms with Crippen LogP contribution in [0.4, 0.5) is 33.9 Å². The van der Waals surface area contributed by atoms with Gasteiger partial charge < -0.3 is 40.3 Å². The summed E-state index contributed by atoms with van der Waals surface area (Å²) in [6.07, 6.45) is -1.41. The topological polar surface area (TPSA) is 177 Å². The zero-order valence-electron chi connectivity index (χ0n) is 24.0. The van der Waals surface area contributed by atoms with Gasteiger partial charge in [0.15, 0.2) is 23.0 Å². The largest absolute Gasteiger partial charge is 0.511 e. The third-order valence-corrected chi connectivity index (χ3v) is 7.41. The van der Waals surface area contributed by atoms with Crippen molar-refractivity contribution in [3.05, 3.63) is 54.2 Å². The standard InChI is InChI=1S/C28H30F4N8O5/c1-2-43-27(42)45-14-44-21-8-17(29)16(7-18(21)30)19-6-15(10-40-13-38-22-25(33)36-12-37-26(22)40)20(9-35-19)39-5-3-4-28(34,11-39)23(41)24(31)32/h6-9,12-13,23-24,41H,2-5,10-11,14,34H2,1H3,(H2,33,36,37)/t23-,28-/m1/s1. The predicted octanol–water partition coefficient (Wildman–Crippen LogP) is 3.23. The number of aliphatic hydroxyl groups excluding tert-OH is 1. The molecule has 2 atom stereocenters. The zero-order chi connectivity index (χ0) is 32.3. The summed E-state index contributed by atoms with van der Waals surface area (Å²) in [7, 11) is 0. The minimum absolute atomic E-state index is 0.0432. The molecular formula is C28H30F4N8O5. The third kappa shape index (κ3) is 6.68. The van der Waals surface area contributed by atoms with Gasteiger partial charge >= 0.3 is 6.16 Å². The number of nitrogens with two attached hydrogens (primary N) is 2.